The van der Waals surface area contributed by atoms with E-state index in [4.69, 9.17) is 16.3 Å². The topological polar surface area (TPSA) is 38.2 Å². The Morgan fingerprint density at radius 3 is 2.86 bits per heavy atom. The van der Waals surface area contributed by atoms with Crippen molar-refractivity contribution in [3.8, 4) is 5.75 Å². The van der Waals surface area contributed by atoms with Crippen LogP contribution >= 0.6 is 11.6 Å². The van der Waals surface area contributed by atoms with Crippen LogP contribution in [-0.2, 0) is 19.4 Å². The van der Waals surface area contributed by atoms with Gasteiger partial charge in [-0.2, -0.15) is 0 Å². The lowest BCUT2D eigenvalue weighted by molar-refractivity contribution is 0.407. The van der Waals surface area contributed by atoms with Gasteiger partial charge in [0.1, 0.15) is 22.5 Å². The molecule has 0 fully saturated rings. The lowest BCUT2D eigenvalue weighted by Crippen LogP contribution is -2.32. The maximum atomic E-state index is 6.30. The molecule has 0 unspecified atom stereocenters. The first-order valence-electron chi connectivity index (χ1n) is 7.56. The summed E-state index contributed by atoms with van der Waals surface area (Å²) in [7, 11) is 1.73. The van der Waals surface area contributed by atoms with Crippen molar-refractivity contribution >= 4 is 17.4 Å². The summed E-state index contributed by atoms with van der Waals surface area (Å²) in [5.74, 6) is 2.66. The van der Waals surface area contributed by atoms with Crippen LogP contribution in [0.25, 0.3) is 0 Å². The van der Waals surface area contributed by atoms with Crippen molar-refractivity contribution in [2.45, 2.75) is 33.2 Å². The Kier molecular flexibility index (Phi) is 4.21. The van der Waals surface area contributed by atoms with Gasteiger partial charge in [0.2, 0.25) is 0 Å². The third-order valence-corrected chi connectivity index (χ3v) is 4.46. The van der Waals surface area contributed by atoms with Crippen molar-refractivity contribution in [2.75, 3.05) is 18.6 Å². The summed E-state index contributed by atoms with van der Waals surface area (Å²) in [6.45, 7) is 5.71. The average molecular weight is 318 g/mol. The molecular weight excluding hydrogens is 298 g/mol. The Hall–Kier alpha value is -1.81. The number of methoxy groups -OCH3 is 1. The molecule has 116 valence electrons. The number of benzene rings is 1. The number of aryl methyl sites for hydroxylation is 1. The third-order valence-electron chi connectivity index (χ3n) is 4.14. The van der Waals surface area contributed by atoms with Gasteiger partial charge in [-0.25, -0.2) is 9.97 Å². The van der Waals surface area contributed by atoms with Gasteiger partial charge in [-0.15, -0.1) is 0 Å². The number of rotatable bonds is 3. The van der Waals surface area contributed by atoms with E-state index in [2.05, 4.69) is 27.9 Å². The molecule has 0 amide bonds. The minimum atomic E-state index is 0.571. The second-order valence-corrected chi connectivity index (χ2v) is 5.84. The highest BCUT2D eigenvalue weighted by Crippen LogP contribution is 2.32. The molecule has 4 nitrogen and oxygen atoms in total. The molecule has 0 atom stereocenters. The van der Waals surface area contributed by atoms with E-state index in [0.29, 0.717) is 11.0 Å². The predicted molar refractivity (Wildman–Crippen MR) is 88.9 cm³/mol. The van der Waals surface area contributed by atoms with Crippen molar-refractivity contribution in [1.29, 1.82) is 0 Å². The molecule has 0 N–H and O–H groups in total. The van der Waals surface area contributed by atoms with Gasteiger partial charge in [-0.3, -0.25) is 0 Å². The molecule has 0 saturated heterocycles. The van der Waals surface area contributed by atoms with Crippen LogP contribution in [0.5, 0.6) is 5.75 Å². The fraction of sp³-hybridized carbons (Fsp3) is 0.412. The second kappa shape index (κ2) is 6.13. The lowest BCUT2D eigenvalue weighted by Gasteiger charge is -2.32. The van der Waals surface area contributed by atoms with Crippen LogP contribution in [0, 0.1) is 6.92 Å². The fourth-order valence-corrected chi connectivity index (χ4v) is 3.40. The zero-order valence-corrected chi connectivity index (χ0v) is 13.9. The van der Waals surface area contributed by atoms with Crippen LogP contribution in [0.15, 0.2) is 18.2 Å². The maximum Gasteiger partial charge on any atom is 0.138 e. The van der Waals surface area contributed by atoms with Gasteiger partial charge < -0.3 is 9.64 Å². The number of hydrogen-bond donors (Lipinski definition) is 0. The van der Waals surface area contributed by atoms with Crippen LogP contribution < -0.4 is 9.64 Å². The molecule has 0 spiro atoms. The number of hydrogen-bond acceptors (Lipinski definition) is 4. The van der Waals surface area contributed by atoms with Crippen LogP contribution in [0.2, 0.25) is 5.15 Å². The summed E-state index contributed by atoms with van der Waals surface area (Å²) in [4.78, 5) is 11.2. The molecule has 2 heterocycles. The minimum Gasteiger partial charge on any atom is -0.496 e. The smallest absolute Gasteiger partial charge is 0.138 e. The molecular formula is C17H20ClN3O. The quantitative estimate of drug-likeness (QED) is 0.811. The second-order valence-electron chi connectivity index (χ2n) is 5.49. The van der Waals surface area contributed by atoms with Crippen LogP contribution in [0.1, 0.15) is 29.4 Å². The molecule has 3 rings (SSSR count). The first-order valence-corrected chi connectivity index (χ1v) is 7.94. The number of anilines is 1. The molecule has 1 aliphatic rings. The Morgan fingerprint density at radius 1 is 1.32 bits per heavy atom. The van der Waals surface area contributed by atoms with Crippen molar-refractivity contribution in [3.63, 3.8) is 0 Å². The van der Waals surface area contributed by atoms with Crippen molar-refractivity contribution in [3.05, 3.63) is 45.9 Å². The monoisotopic (exact) mass is 317 g/mol. The number of fused-ring (bicyclic) bond motifs is 1. The average Bonchev–Trinajstić information content (AvgIpc) is 2.53. The van der Waals surface area contributed by atoms with Crippen molar-refractivity contribution in [1.82, 2.24) is 9.97 Å². The standard InChI is InChI=1S/C17H20ClN3O/c1-4-13-16(18)19-11(2)20-17(13)21-9-8-14-12(10-21)6-5-7-15(14)22-3/h5-7H,4,8-10H2,1-3H3. The highest BCUT2D eigenvalue weighted by atomic mass is 35.5. The number of aromatic nitrogens is 2. The molecule has 0 aliphatic carbocycles. The predicted octanol–water partition coefficient (Wildman–Crippen LogP) is 3.57. The van der Waals surface area contributed by atoms with Gasteiger partial charge in [0.15, 0.2) is 0 Å². The molecule has 2 aromatic rings. The largest absolute Gasteiger partial charge is 0.496 e. The van der Waals surface area contributed by atoms with Gasteiger partial charge in [0, 0.05) is 24.2 Å². The van der Waals surface area contributed by atoms with E-state index in [1.165, 1.54) is 11.1 Å². The number of nitrogens with zero attached hydrogens (tertiary/aromatic N) is 3. The summed E-state index contributed by atoms with van der Waals surface area (Å²) >= 11 is 6.30. The molecule has 1 aliphatic heterocycles. The molecule has 0 saturated carbocycles. The molecule has 22 heavy (non-hydrogen) atoms. The molecule has 1 aromatic heterocycles. The van der Waals surface area contributed by atoms with Gasteiger partial charge in [-0.1, -0.05) is 30.7 Å². The summed E-state index contributed by atoms with van der Waals surface area (Å²) in [5, 5.41) is 0.571. The van der Waals surface area contributed by atoms with Gasteiger partial charge in [-0.05, 0) is 31.4 Å². The zero-order chi connectivity index (χ0) is 15.7. The summed E-state index contributed by atoms with van der Waals surface area (Å²) in [6, 6.07) is 6.23. The number of halogens is 1. The van der Waals surface area contributed by atoms with Gasteiger partial charge in [0.05, 0.1) is 7.11 Å². The van der Waals surface area contributed by atoms with E-state index in [1.807, 2.05) is 19.1 Å². The highest BCUT2D eigenvalue weighted by Gasteiger charge is 2.23. The van der Waals surface area contributed by atoms with Crippen LogP contribution in [0.4, 0.5) is 5.82 Å². The SMILES string of the molecule is CCc1c(Cl)nc(C)nc1N1CCc2c(cccc2OC)C1. The summed E-state index contributed by atoms with van der Waals surface area (Å²) < 4.78 is 5.47. The number of ether oxygens (including phenoxy) is 1. The van der Waals surface area contributed by atoms with E-state index in [1.54, 1.807) is 7.11 Å². The van der Waals surface area contributed by atoms with E-state index in [9.17, 15) is 0 Å². The van der Waals surface area contributed by atoms with E-state index in [0.717, 1.165) is 43.1 Å². The summed E-state index contributed by atoms with van der Waals surface area (Å²) in [5.41, 5.74) is 3.62. The third kappa shape index (κ3) is 2.63. The van der Waals surface area contributed by atoms with Crippen LogP contribution in [0.3, 0.4) is 0 Å². The first kappa shape index (κ1) is 15.1. The lowest BCUT2D eigenvalue weighted by atomic mass is 9.98. The first-order chi connectivity index (χ1) is 10.6. The summed E-state index contributed by atoms with van der Waals surface area (Å²) in [6.07, 6.45) is 1.78. The minimum absolute atomic E-state index is 0.571. The van der Waals surface area contributed by atoms with E-state index < -0.39 is 0 Å². The van der Waals surface area contributed by atoms with Crippen LogP contribution in [-0.4, -0.2) is 23.6 Å². The molecule has 1 aromatic carbocycles. The maximum absolute atomic E-state index is 6.30. The fourth-order valence-electron chi connectivity index (χ4n) is 3.06. The Labute approximate surface area is 136 Å². The van der Waals surface area contributed by atoms with Gasteiger partial charge >= 0.3 is 0 Å². The zero-order valence-electron chi connectivity index (χ0n) is 13.2. The Bertz CT molecular complexity index is 703. The van der Waals surface area contributed by atoms with E-state index in [-0.39, 0.29) is 0 Å². The molecule has 0 radical (unpaired) electrons. The highest BCUT2D eigenvalue weighted by molar-refractivity contribution is 6.30. The van der Waals surface area contributed by atoms with E-state index >= 15 is 0 Å². The molecule has 5 heteroatoms. The Morgan fingerprint density at radius 2 is 2.14 bits per heavy atom. The molecule has 0 bridgehead atoms. The van der Waals surface area contributed by atoms with Crippen molar-refractivity contribution < 1.29 is 4.74 Å². The Balaban J connectivity index is 1.99. The normalized spacial score (nSPS) is 13.9. The van der Waals surface area contributed by atoms with Gasteiger partial charge in [0.25, 0.3) is 0 Å². The van der Waals surface area contributed by atoms with Crippen molar-refractivity contribution in [2.24, 2.45) is 0 Å².